The molecular weight excluding hydrogens is 274 g/mol. The van der Waals surface area contributed by atoms with Crippen LogP contribution in [0.25, 0.3) is 10.9 Å². The number of aromatic nitrogens is 1. The molecule has 3 rings (SSSR count). The molecule has 0 saturated heterocycles. The molecule has 0 bridgehead atoms. The second kappa shape index (κ2) is 5.36. The number of rotatable bonds is 3. The van der Waals surface area contributed by atoms with Gasteiger partial charge in [-0.15, -0.1) is 0 Å². The van der Waals surface area contributed by atoms with Gasteiger partial charge in [-0.3, -0.25) is 4.79 Å². The van der Waals surface area contributed by atoms with E-state index in [0.717, 1.165) is 0 Å². The van der Waals surface area contributed by atoms with Crippen molar-refractivity contribution < 1.29 is 13.6 Å². The van der Waals surface area contributed by atoms with Crippen LogP contribution in [0, 0.1) is 11.6 Å². The number of hydrogen-bond donors (Lipinski definition) is 2. The second-order valence-electron chi connectivity index (χ2n) is 4.70. The number of H-pyrrole nitrogens is 1. The van der Waals surface area contributed by atoms with E-state index in [-0.39, 0.29) is 29.8 Å². The summed E-state index contributed by atoms with van der Waals surface area (Å²) in [7, 11) is 0. The number of carbonyl (C=O) groups excluding carboxylic acids is 1. The first kappa shape index (κ1) is 13.3. The van der Waals surface area contributed by atoms with E-state index in [1.54, 1.807) is 24.3 Å². The highest BCUT2D eigenvalue weighted by atomic mass is 19.1. The van der Waals surface area contributed by atoms with Gasteiger partial charge in [-0.25, -0.2) is 8.78 Å². The molecule has 0 radical (unpaired) electrons. The summed E-state index contributed by atoms with van der Waals surface area (Å²) < 4.78 is 26.6. The lowest BCUT2D eigenvalue weighted by Gasteiger charge is -2.03. The summed E-state index contributed by atoms with van der Waals surface area (Å²) in [4.78, 5) is 14.9. The van der Waals surface area contributed by atoms with Crippen molar-refractivity contribution in [2.24, 2.45) is 0 Å². The lowest BCUT2D eigenvalue weighted by molar-refractivity contribution is 0.0946. The molecule has 0 aliphatic heterocycles. The van der Waals surface area contributed by atoms with E-state index in [1.165, 1.54) is 24.3 Å². The predicted octanol–water partition coefficient (Wildman–Crippen LogP) is 3.38. The number of aromatic amines is 1. The number of carbonyl (C=O) groups is 1. The molecule has 0 aliphatic carbocycles. The monoisotopic (exact) mass is 286 g/mol. The zero-order chi connectivity index (χ0) is 14.8. The molecule has 2 aromatic carbocycles. The van der Waals surface area contributed by atoms with Gasteiger partial charge in [-0.1, -0.05) is 18.2 Å². The van der Waals surface area contributed by atoms with E-state index in [0.29, 0.717) is 16.5 Å². The van der Waals surface area contributed by atoms with Crippen molar-refractivity contribution in [1.82, 2.24) is 10.3 Å². The van der Waals surface area contributed by atoms with Gasteiger partial charge in [0.15, 0.2) is 0 Å². The van der Waals surface area contributed by atoms with Crippen LogP contribution in [0.2, 0.25) is 0 Å². The van der Waals surface area contributed by atoms with Crippen LogP contribution in [0.3, 0.4) is 0 Å². The van der Waals surface area contributed by atoms with E-state index in [9.17, 15) is 13.6 Å². The van der Waals surface area contributed by atoms with Crippen molar-refractivity contribution in [1.29, 1.82) is 0 Å². The number of nitrogens with one attached hydrogen (secondary N) is 2. The Labute approximate surface area is 119 Å². The van der Waals surface area contributed by atoms with Crippen molar-refractivity contribution in [3.8, 4) is 0 Å². The Bertz CT molecular complexity index is 811. The van der Waals surface area contributed by atoms with Gasteiger partial charge in [0.2, 0.25) is 0 Å². The summed E-state index contributed by atoms with van der Waals surface area (Å²) in [5.41, 5.74) is 1.49. The van der Waals surface area contributed by atoms with Gasteiger partial charge in [0, 0.05) is 17.4 Å². The maximum Gasteiger partial charge on any atom is 0.267 e. The second-order valence-corrected chi connectivity index (χ2v) is 4.70. The summed E-state index contributed by atoms with van der Waals surface area (Å²) >= 11 is 0. The zero-order valence-corrected chi connectivity index (χ0v) is 11.0. The molecule has 1 aromatic heterocycles. The van der Waals surface area contributed by atoms with Crippen molar-refractivity contribution >= 4 is 16.8 Å². The highest BCUT2D eigenvalue weighted by molar-refractivity contribution is 5.98. The van der Waals surface area contributed by atoms with E-state index in [1.807, 2.05) is 0 Å². The summed E-state index contributed by atoms with van der Waals surface area (Å²) in [6, 6.07) is 12.1. The molecule has 0 unspecified atom stereocenters. The fourth-order valence-electron chi connectivity index (χ4n) is 2.17. The molecule has 21 heavy (non-hydrogen) atoms. The van der Waals surface area contributed by atoms with Gasteiger partial charge in [-0.2, -0.15) is 0 Å². The summed E-state index contributed by atoms with van der Waals surface area (Å²) in [6.45, 7) is 0.203. The van der Waals surface area contributed by atoms with Crippen LogP contribution >= 0.6 is 0 Å². The molecule has 3 nitrogen and oxygen atoms in total. The molecule has 5 heteroatoms. The molecular formula is C16H12F2N2O. The van der Waals surface area contributed by atoms with Gasteiger partial charge in [0.1, 0.15) is 17.3 Å². The van der Waals surface area contributed by atoms with Gasteiger partial charge in [0.25, 0.3) is 5.91 Å². The molecule has 0 saturated carbocycles. The maximum absolute atomic E-state index is 13.6. The average Bonchev–Trinajstić information content (AvgIpc) is 2.90. The Kier molecular flexibility index (Phi) is 3.39. The van der Waals surface area contributed by atoms with Crippen molar-refractivity contribution in [3.05, 3.63) is 71.4 Å². The topological polar surface area (TPSA) is 44.9 Å². The SMILES string of the molecule is O=C(NCc1cccc(F)c1)c1cc2c(F)cccc2[nH]1. The number of hydrogen-bond acceptors (Lipinski definition) is 1. The number of amides is 1. The Morgan fingerprint density at radius 3 is 2.67 bits per heavy atom. The molecule has 2 N–H and O–H groups in total. The summed E-state index contributed by atoms with van der Waals surface area (Å²) in [5, 5.41) is 3.03. The molecule has 106 valence electrons. The Hall–Kier alpha value is -2.69. The smallest absolute Gasteiger partial charge is 0.267 e. The van der Waals surface area contributed by atoms with Gasteiger partial charge in [-0.05, 0) is 35.9 Å². The molecule has 1 amide bonds. The minimum Gasteiger partial charge on any atom is -0.350 e. The van der Waals surface area contributed by atoms with Crippen LogP contribution in [-0.4, -0.2) is 10.9 Å². The fraction of sp³-hybridized carbons (Fsp3) is 0.0625. The first-order valence-corrected chi connectivity index (χ1v) is 6.43. The lowest BCUT2D eigenvalue weighted by Crippen LogP contribution is -2.23. The first-order chi connectivity index (χ1) is 10.1. The third-order valence-corrected chi connectivity index (χ3v) is 3.20. The zero-order valence-electron chi connectivity index (χ0n) is 11.0. The van der Waals surface area contributed by atoms with Gasteiger partial charge < -0.3 is 10.3 Å². The number of benzene rings is 2. The number of halogens is 2. The van der Waals surface area contributed by atoms with E-state index < -0.39 is 0 Å². The highest BCUT2D eigenvalue weighted by Gasteiger charge is 2.11. The third kappa shape index (κ3) is 2.76. The Morgan fingerprint density at radius 2 is 1.90 bits per heavy atom. The summed E-state index contributed by atoms with van der Waals surface area (Å²) in [6.07, 6.45) is 0. The molecule has 0 aliphatic rings. The Balaban J connectivity index is 1.76. The maximum atomic E-state index is 13.6. The minimum absolute atomic E-state index is 0.203. The van der Waals surface area contributed by atoms with Crippen LogP contribution < -0.4 is 5.32 Å². The van der Waals surface area contributed by atoms with E-state index in [4.69, 9.17) is 0 Å². The summed E-state index contributed by atoms with van der Waals surface area (Å²) in [5.74, 6) is -1.10. The van der Waals surface area contributed by atoms with Crippen molar-refractivity contribution in [2.75, 3.05) is 0 Å². The Morgan fingerprint density at radius 1 is 1.10 bits per heavy atom. The fourth-order valence-corrected chi connectivity index (χ4v) is 2.17. The molecule has 1 heterocycles. The first-order valence-electron chi connectivity index (χ1n) is 6.43. The molecule has 0 atom stereocenters. The predicted molar refractivity (Wildman–Crippen MR) is 75.8 cm³/mol. The number of fused-ring (bicyclic) bond motifs is 1. The van der Waals surface area contributed by atoms with Crippen molar-refractivity contribution in [2.45, 2.75) is 6.54 Å². The standard InChI is InChI=1S/C16H12F2N2O/c17-11-4-1-3-10(7-11)9-19-16(21)15-8-12-13(18)5-2-6-14(12)20-15/h1-8,20H,9H2,(H,19,21). The molecule has 3 aromatic rings. The quantitative estimate of drug-likeness (QED) is 0.761. The van der Waals surface area contributed by atoms with Crippen LogP contribution in [0.5, 0.6) is 0 Å². The minimum atomic E-state index is -0.382. The van der Waals surface area contributed by atoms with Crippen LogP contribution in [0.1, 0.15) is 16.1 Å². The van der Waals surface area contributed by atoms with E-state index >= 15 is 0 Å². The van der Waals surface area contributed by atoms with Crippen LogP contribution in [0.4, 0.5) is 8.78 Å². The van der Waals surface area contributed by atoms with E-state index in [2.05, 4.69) is 10.3 Å². The van der Waals surface area contributed by atoms with Gasteiger partial charge >= 0.3 is 0 Å². The largest absolute Gasteiger partial charge is 0.350 e. The normalized spacial score (nSPS) is 10.8. The van der Waals surface area contributed by atoms with Crippen LogP contribution in [-0.2, 0) is 6.54 Å². The lowest BCUT2D eigenvalue weighted by atomic mass is 10.2. The van der Waals surface area contributed by atoms with Crippen LogP contribution in [0.15, 0.2) is 48.5 Å². The van der Waals surface area contributed by atoms with Crippen molar-refractivity contribution in [3.63, 3.8) is 0 Å². The van der Waals surface area contributed by atoms with Gasteiger partial charge in [0.05, 0.1) is 0 Å². The molecule has 0 fully saturated rings. The average molecular weight is 286 g/mol. The third-order valence-electron chi connectivity index (χ3n) is 3.20. The highest BCUT2D eigenvalue weighted by Crippen LogP contribution is 2.18. The molecule has 0 spiro atoms.